The van der Waals surface area contributed by atoms with Crippen LogP contribution in [0, 0.1) is 0 Å². The third kappa shape index (κ3) is 2.96. The Morgan fingerprint density at radius 2 is 2.20 bits per heavy atom. The number of hydrogen-bond acceptors (Lipinski definition) is 5. The highest BCUT2D eigenvalue weighted by molar-refractivity contribution is 9.11. The number of anilines is 1. The molecule has 0 aliphatic rings. The Kier molecular flexibility index (Phi) is 3.66. The molecule has 0 aromatic carbocycles. The summed E-state index contributed by atoms with van der Waals surface area (Å²) in [5.74, 6) is 0. The third-order valence-corrected chi connectivity index (χ3v) is 3.42. The molecule has 2 rings (SSSR count). The van der Waals surface area contributed by atoms with Crippen molar-refractivity contribution in [2.75, 3.05) is 5.32 Å². The zero-order valence-corrected chi connectivity index (χ0v) is 11.4. The van der Waals surface area contributed by atoms with Crippen molar-refractivity contribution in [1.29, 1.82) is 0 Å². The van der Waals surface area contributed by atoms with Gasteiger partial charge in [-0.3, -0.25) is 4.98 Å². The molecule has 0 aliphatic heterocycles. The first-order valence-electron chi connectivity index (χ1n) is 4.07. The van der Waals surface area contributed by atoms with Crippen LogP contribution in [-0.4, -0.2) is 14.6 Å². The van der Waals surface area contributed by atoms with Gasteiger partial charge in [-0.05, 0) is 37.9 Å². The van der Waals surface area contributed by atoms with Crippen molar-refractivity contribution in [3.63, 3.8) is 0 Å². The second-order valence-electron chi connectivity index (χ2n) is 2.72. The molecule has 15 heavy (non-hydrogen) atoms. The number of halogens is 2. The lowest BCUT2D eigenvalue weighted by atomic mass is 10.3. The van der Waals surface area contributed by atoms with Crippen LogP contribution in [0.4, 0.5) is 5.00 Å². The number of nitrogens with one attached hydrogen (secondary N) is 1. The first-order valence-corrected chi connectivity index (χ1v) is 6.43. The largest absolute Gasteiger partial charge is 0.369 e. The Balaban J connectivity index is 2.05. The maximum Gasteiger partial charge on any atom is 0.130 e. The molecular weight excluding hydrogens is 344 g/mol. The van der Waals surface area contributed by atoms with Gasteiger partial charge in [0.1, 0.15) is 5.00 Å². The molecule has 2 aromatic heterocycles. The van der Waals surface area contributed by atoms with E-state index in [1.165, 1.54) is 11.5 Å². The molecule has 1 N–H and O–H groups in total. The van der Waals surface area contributed by atoms with E-state index in [9.17, 15) is 0 Å². The highest BCUT2D eigenvalue weighted by Gasteiger charge is 2.02. The Morgan fingerprint density at radius 3 is 2.87 bits per heavy atom. The second kappa shape index (κ2) is 5.00. The van der Waals surface area contributed by atoms with Gasteiger partial charge in [0.2, 0.25) is 0 Å². The van der Waals surface area contributed by atoms with Gasteiger partial charge in [-0.1, -0.05) is 4.49 Å². The van der Waals surface area contributed by atoms with Crippen molar-refractivity contribution >= 4 is 48.4 Å². The molecule has 2 heterocycles. The molecule has 0 radical (unpaired) electrons. The first kappa shape index (κ1) is 11.0. The summed E-state index contributed by atoms with van der Waals surface area (Å²) in [4.78, 5) is 4.28. The fourth-order valence-corrected chi connectivity index (χ4v) is 2.53. The Bertz CT molecular complexity index is 446. The van der Waals surface area contributed by atoms with E-state index in [-0.39, 0.29) is 0 Å². The van der Waals surface area contributed by atoms with E-state index in [4.69, 9.17) is 0 Å². The summed E-state index contributed by atoms with van der Waals surface area (Å²) in [6.45, 7) is 0.651. The highest BCUT2D eigenvalue weighted by atomic mass is 79.9. The van der Waals surface area contributed by atoms with Crippen molar-refractivity contribution in [2.45, 2.75) is 6.54 Å². The predicted molar refractivity (Wildman–Crippen MR) is 66.9 cm³/mol. The van der Waals surface area contributed by atoms with Gasteiger partial charge >= 0.3 is 0 Å². The van der Waals surface area contributed by atoms with E-state index in [0.29, 0.717) is 6.54 Å². The van der Waals surface area contributed by atoms with Crippen LogP contribution in [0.2, 0.25) is 0 Å². The minimum Gasteiger partial charge on any atom is -0.369 e. The molecule has 4 nitrogen and oxygen atoms in total. The quantitative estimate of drug-likeness (QED) is 0.925. The lowest BCUT2D eigenvalue weighted by Gasteiger charge is -2.04. The van der Waals surface area contributed by atoms with E-state index in [2.05, 4.69) is 51.7 Å². The molecule has 0 unspecified atom stereocenters. The fourth-order valence-electron chi connectivity index (χ4n) is 0.989. The number of aromatic nitrogens is 3. The van der Waals surface area contributed by atoms with E-state index in [1.807, 2.05) is 6.07 Å². The molecule has 0 atom stereocenters. The van der Waals surface area contributed by atoms with Gasteiger partial charge < -0.3 is 5.32 Å². The molecule has 0 bridgehead atoms. The van der Waals surface area contributed by atoms with Crippen LogP contribution >= 0.6 is 43.4 Å². The van der Waals surface area contributed by atoms with Gasteiger partial charge in [-0.2, -0.15) is 0 Å². The van der Waals surface area contributed by atoms with Crippen molar-refractivity contribution < 1.29 is 0 Å². The van der Waals surface area contributed by atoms with E-state index >= 15 is 0 Å². The Hall–Kier alpha value is -0.530. The van der Waals surface area contributed by atoms with Crippen LogP contribution in [-0.2, 0) is 6.54 Å². The van der Waals surface area contributed by atoms with Crippen LogP contribution in [0.15, 0.2) is 27.4 Å². The number of hydrogen-bond donors (Lipinski definition) is 1. The molecule has 0 fully saturated rings. The van der Waals surface area contributed by atoms with Crippen LogP contribution < -0.4 is 5.32 Å². The molecule has 0 saturated carbocycles. The SMILES string of the molecule is Brc1cnc(CNc2cnns2)c(Br)c1. The smallest absolute Gasteiger partial charge is 0.130 e. The average Bonchev–Trinajstić information content (AvgIpc) is 2.69. The van der Waals surface area contributed by atoms with Crippen LogP contribution in [0.3, 0.4) is 0 Å². The van der Waals surface area contributed by atoms with Crippen LogP contribution in [0.25, 0.3) is 0 Å². The minimum atomic E-state index is 0.651. The second-order valence-corrected chi connectivity index (χ2v) is 5.27. The summed E-state index contributed by atoms with van der Waals surface area (Å²) in [6, 6.07) is 1.97. The fraction of sp³-hybridized carbons (Fsp3) is 0.125. The zero-order valence-electron chi connectivity index (χ0n) is 7.44. The van der Waals surface area contributed by atoms with Gasteiger partial charge in [-0.15, -0.1) is 5.10 Å². The summed E-state index contributed by atoms with van der Waals surface area (Å²) in [5, 5.41) is 7.86. The molecular formula is C8H6Br2N4S. The molecule has 2 aromatic rings. The maximum atomic E-state index is 4.28. The van der Waals surface area contributed by atoms with Gasteiger partial charge in [0, 0.05) is 26.7 Å². The van der Waals surface area contributed by atoms with Crippen LogP contribution in [0.1, 0.15) is 5.69 Å². The lowest BCUT2D eigenvalue weighted by Crippen LogP contribution is -2.01. The van der Waals surface area contributed by atoms with E-state index in [0.717, 1.165) is 19.6 Å². The topological polar surface area (TPSA) is 50.7 Å². The number of nitrogens with zero attached hydrogens (tertiary/aromatic N) is 3. The summed E-state index contributed by atoms with van der Waals surface area (Å²) in [5.41, 5.74) is 0.951. The highest BCUT2D eigenvalue weighted by Crippen LogP contribution is 2.20. The summed E-state index contributed by atoms with van der Waals surface area (Å²) in [6.07, 6.45) is 3.46. The van der Waals surface area contributed by atoms with Crippen molar-refractivity contribution in [1.82, 2.24) is 14.6 Å². The minimum absolute atomic E-state index is 0.651. The van der Waals surface area contributed by atoms with Gasteiger partial charge in [0.25, 0.3) is 0 Å². The van der Waals surface area contributed by atoms with Gasteiger partial charge in [-0.25, -0.2) is 0 Å². The summed E-state index contributed by atoms with van der Waals surface area (Å²) >= 11 is 8.13. The standard InChI is InChI=1S/C8H6Br2N4S/c9-5-1-6(10)7(11-2-5)3-12-8-4-13-14-15-8/h1-2,4,12H,3H2. The summed E-state index contributed by atoms with van der Waals surface area (Å²) in [7, 11) is 0. The first-order chi connectivity index (χ1) is 7.25. The lowest BCUT2D eigenvalue weighted by molar-refractivity contribution is 1.03. The maximum absolute atomic E-state index is 4.28. The monoisotopic (exact) mass is 348 g/mol. The third-order valence-electron chi connectivity index (χ3n) is 1.68. The predicted octanol–water partition coefficient (Wildman–Crippen LogP) is 3.07. The molecule has 0 aliphatic carbocycles. The summed E-state index contributed by atoms with van der Waals surface area (Å²) < 4.78 is 5.69. The van der Waals surface area contributed by atoms with E-state index in [1.54, 1.807) is 12.4 Å². The number of pyridine rings is 1. The molecule has 0 saturated heterocycles. The zero-order chi connectivity index (χ0) is 10.7. The molecule has 0 amide bonds. The van der Waals surface area contributed by atoms with Crippen molar-refractivity contribution in [3.8, 4) is 0 Å². The van der Waals surface area contributed by atoms with Gasteiger partial charge in [0.15, 0.2) is 0 Å². The molecule has 7 heteroatoms. The average molecular weight is 350 g/mol. The van der Waals surface area contributed by atoms with E-state index < -0.39 is 0 Å². The molecule has 78 valence electrons. The van der Waals surface area contributed by atoms with Crippen molar-refractivity contribution in [2.24, 2.45) is 0 Å². The Labute approximate surface area is 108 Å². The Morgan fingerprint density at radius 1 is 1.33 bits per heavy atom. The number of rotatable bonds is 3. The van der Waals surface area contributed by atoms with Crippen LogP contribution in [0.5, 0.6) is 0 Å². The van der Waals surface area contributed by atoms with Gasteiger partial charge in [0.05, 0.1) is 18.4 Å². The normalized spacial score (nSPS) is 10.3. The molecule has 0 spiro atoms. The van der Waals surface area contributed by atoms with Crippen molar-refractivity contribution in [3.05, 3.63) is 33.1 Å².